The molecule has 26 heavy (non-hydrogen) atoms. The van der Waals surface area contributed by atoms with Crippen LogP contribution < -0.4 is 10.6 Å². The van der Waals surface area contributed by atoms with Crippen LogP contribution in [-0.4, -0.2) is 30.7 Å². The Morgan fingerprint density at radius 1 is 1.31 bits per heavy atom. The molecule has 1 atom stereocenters. The molecule has 1 fully saturated rings. The quantitative estimate of drug-likeness (QED) is 0.514. The third kappa shape index (κ3) is 4.24. The zero-order valence-corrected chi connectivity index (χ0v) is 16.1. The normalized spacial score (nSPS) is 18.2. The van der Waals surface area contributed by atoms with E-state index in [1.807, 2.05) is 35.9 Å². The van der Waals surface area contributed by atoms with Gasteiger partial charge in [-0.3, -0.25) is 0 Å². The van der Waals surface area contributed by atoms with Gasteiger partial charge < -0.3 is 15.7 Å². The number of aliphatic imine (C=N–C) groups is 1. The third-order valence-electron chi connectivity index (χ3n) is 4.93. The van der Waals surface area contributed by atoms with Gasteiger partial charge in [-0.2, -0.15) is 11.3 Å². The molecule has 1 aliphatic carbocycles. The van der Waals surface area contributed by atoms with Crippen molar-refractivity contribution in [3.05, 3.63) is 58.0 Å². The molecule has 0 amide bonds. The Bertz CT molecular complexity index is 754. The Morgan fingerprint density at radius 2 is 2.08 bits per heavy atom. The monoisotopic (exact) mass is 375 g/mol. The van der Waals surface area contributed by atoms with Crippen molar-refractivity contribution < 1.29 is 9.50 Å². The standard InChI is InChI=1S/C20H26FN3OS/c1-3-22-18(23-13-19(2,25)15-8-11-26-12-15)24-14-20(9-10-20)16-6-4-5-7-17(16)21/h4-8,11-12,25H,3,9-10,13-14H2,1-2H3,(H2,22,23,24). The molecule has 0 aliphatic heterocycles. The molecule has 0 bridgehead atoms. The SMILES string of the molecule is CCNC(=NCC(C)(O)c1ccsc1)NCC1(c2ccccc2F)CC1. The minimum atomic E-state index is -1.01. The Balaban J connectivity index is 1.66. The lowest BCUT2D eigenvalue weighted by molar-refractivity contribution is 0.0677. The highest BCUT2D eigenvalue weighted by atomic mass is 32.1. The molecule has 0 radical (unpaired) electrons. The fourth-order valence-electron chi connectivity index (χ4n) is 3.07. The Labute approximate surface area is 158 Å². The molecule has 0 spiro atoms. The second kappa shape index (κ2) is 7.76. The van der Waals surface area contributed by atoms with E-state index in [-0.39, 0.29) is 17.8 Å². The fourth-order valence-corrected chi connectivity index (χ4v) is 3.86. The van der Waals surface area contributed by atoms with Gasteiger partial charge in [0, 0.05) is 18.5 Å². The van der Waals surface area contributed by atoms with Crippen LogP contribution in [0.2, 0.25) is 0 Å². The first-order chi connectivity index (χ1) is 12.5. The highest BCUT2D eigenvalue weighted by Crippen LogP contribution is 2.48. The van der Waals surface area contributed by atoms with Crippen LogP contribution in [0.5, 0.6) is 0 Å². The lowest BCUT2D eigenvalue weighted by atomic mass is 9.95. The van der Waals surface area contributed by atoms with Crippen molar-refractivity contribution in [2.24, 2.45) is 4.99 Å². The van der Waals surface area contributed by atoms with Crippen LogP contribution in [0.3, 0.4) is 0 Å². The Hall–Kier alpha value is -1.92. The topological polar surface area (TPSA) is 56.7 Å². The van der Waals surface area contributed by atoms with E-state index in [9.17, 15) is 9.50 Å². The number of nitrogens with one attached hydrogen (secondary N) is 2. The molecule has 2 aromatic rings. The van der Waals surface area contributed by atoms with E-state index >= 15 is 0 Å². The largest absolute Gasteiger partial charge is 0.383 e. The number of benzene rings is 1. The molecule has 1 heterocycles. The van der Waals surface area contributed by atoms with Crippen molar-refractivity contribution in [2.75, 3.05) is 19.6 Å². The zero-order valence-electron chi connectivity index (χ0n) is 15.3. The number of thiophene rings is 1. The number of rotatable bonds is 7. The van der Waals surface area contributed by atoms with Crippen molar-refractivity contribution in [3.63, 3.8) is 0 Å². The van der Waals surface area contributed by atoms with Crippen LogP contribution in [0.1, 0.15) is 37.8 Å². The number of hydrogen-bond acceptors (Lipinski definition) is 3. The van der Waals surface area contributed by atoms with Gasteiger partial charge in [-0.05, 0) is 60.7 Å². The molecule has 1 aromatic heterocycles. The van der Waals surface area contributed by atoms with E-state index in [0.717, 1.165) is 30.5 Å². The van der Waals surface area contributed by atoms with Crippen LogP contribution in [0.4, 0.5) is 4.39 Å². The second-order valence-corrected chi connectivity index (χ2v) is 7.87. The van der Waals surface area contributed by atoms with Gasteiger partial charge in [0.25, 0.3) is 0 Å². The zero-order chi connectivity index (χ0) is 18.6. The summed E-state index contributed by atoms with van der Waals surface area (Å²) in [7, 11) is 0. The molecule has 3 rings (SSSR count). The summed E-state index contributed by atoms with van der Waals surface area (Å²) in [5.74, 6) is 0.500. The summed E-state index contributed by atoms with van der Waals surface area (Å²) in [6.07, 6.45) is 1.93. The van der Waals surface area contributed by atoms with E-state index in [4.69, 9.17) is 0 Å². The predicted molar refractivity (Wildman–Crippen MR) is 105 cm³/mol. The summed E-state index contributed by atoms with van der Waals surface area (Å²) >= 11 is 1.56. The molecule has 140 valence electrons. The van der Waals surface area contributed by atoms with Crippen molar-refractivity contribution in [2.45, 2.75) is 37.7 Å². The summed E-state index contributed by atoms with van der Waals surface area (Å²) in [5, 5.41) is 21.1. The van der Waals surface area contributed by atoms with E-state index in [0.29, 0.717) is 12.5 Å². The number of hydrogen-bond donors (Lipinski definition) is 3. The molecule has 1 saturated carbocycles. The molecule has 0 saturated heterocycles. The third-order valence-corrected chi connectivity index (χ3v) is 5.61. The van der Waals surface area contributed by atoms with Gasteiger partial charge in [-0.1, -0.05) is 18.2 Å². The Kier molecular flexibility index (Phi) is 5.63. The predicted octanol–water partition coefficient (Wildman–Crippen LogP) is 3.38. The van der Waals surface area contributed by atoms with Crippen molar-refractivity contribution in [3.8, 4) is 0 Å². The fraction of sp³-hybridized carbons (Fsp3) is 0.450. The maximum absolute atomic E-state index is 14.2. The maximum Gasteiger partial charge on any atom is 0.191 e. The van der Waals surface area contributed by atoms with Crippen molar-refractivity contribution in [1.29, 1.82) is 0 Å². The van der Waals surface area contributed by atoms with E-state index < -0.39 is 5.60 Å². The first-order valence-corrected chi connectivity index (χ1v) is 9.93. The van der Waals surface area contributed by atoms with Gasteiger partial charge in [0.2, 0.25) is 0 Å². The second-order valence-electron chi connectivity index (χ2n) is 7.09. The highest BCUT2D eigenvalue weighted by Gasteiger charge is 2.45. The summed E-state index contributed by atoms with van der Waals surface area (Å²) in [6, 6.07) is 8.91. The summed E-state index contributed by atoms with van der Waals surface area (Å²) in [4.78, 5) is 4.54. The first kappa shape index (κ1) is 18.9. The molecular formula is C20H26FN3OS. The van der Waals surface area contributed by atoms with Crippen molar-refractivity contribution in [1.82, 2.24) is 10.6 Å². The lowest BCUT2D eigenvalue weighted by Crippen LogP contribution is -2.42. The van der Waals surface area contributed by atoms with Crippen LogP contribution >= 0.6 is 11.3 Å². The number of aliphatic hydroxyl groups is 1. The Morgan fingerprint density at radius 3 is 2.69 bits per heavy atom. The summed E-state index contributed by atoms with van der Waals surface area (Å²) in [6.45, 7) is 5.37. The molecule has 4 nitrogen and oxygen atoms in total. The van der Waals surface area contributed by atoms with Crippen LogP contribution in [0.25, 0.3) is 0 Å². The van der Waals surface area contributed by atoms with Gasteiger partial charge in [0.15, 0.2) is 5.96 Å². The van der Waals surface area contributed by atoms with Gasteiger partial charge in [-0.15, -0.1) is 0 Å². The smallest absolute Gasteiger partial charge is 0.191 e. The molecule has 6 heteroatoms. The molecule has 1 aliphatic rings. The maximum atomic E-state index is 14.2. The van der Waals surface area contributed by atoms with Gasteiger partial charge >= 0.3 is 0 Å². The summed E-state index contributed by atoms with van der Waals surface area (Å²) in [5.41, 5.74) is 0.475. The highest BCUT2D eigenvalue weighted by molar-refractivity contribution is 7.08. The molecule has 1 aromatic carbocycles. The molecule has 3 N–H and O–H groups in total. The van der Waals surface area contributed by atoms with Crippen LogP contribution in [-0.2, 0) is 11.0 Å². The van der Waals surface area contributed by atoms with Crippen LogP contribution in [0.15, 0.2) is 46.1 Å². The number of nitrogens with zero attached hydrogens (tertiary/aromatic N) is 1. The van der Waals surface area contributed by atoms with Gasteiger partial charge in [0.1, 0.15) is 11.4 Å². The molecule has 1 unspecified atom stereocenters. The number of guanidine groups is 1. The number of halogens is 1. The van der Waals surface area contributed by atoms with Crippen LogP contribution in [0, 0.1) is 5.82 Å². The first-order valence-electron chi connectivity index (χ1n) is 8.99. The van der Waals surface area contributed by atoms with Gasteiger partial charge in [-0.25, -0.2) is 9.38 Å². The average molecular weight is 376 g/mol. The van der Waals surface area contributed by atoms with Crippen molar-refractivity contribution >= 4 is 17.3 Å². The minimum absolute atomic E-state index is 0.144. The average Bonchev–Trinajstić information content (AvgIpc) is 3.18. The van der Waals surface area contributed by atoms with E-state index in [1.165, 1.54) is 6.07 Å². The minimum Gasteiger partial charge on any atom is -0.383 e. The van der Waals surface area contributed by atoms with E-state index in [2.05, 4.69) is 15.6 Å². The van der Waals surface area contributed by atoms with Gasteiger partial charge in [0.05, 0.1) is 6.54 Å². The molecular weight excluding hydrogens is 349 g/mol. The lowest BCUT2D eigenvalue weighted by Gasteiger charge is -2.22. The van der Waals surface area contributed by atoms with E-state index in [1.54, 1.807) is 24.3 Å². The summed E-state index contributed by atoms with van der Waals surface area (Å²) < 4.78 is 14.2.